The van der Waals surface area contributed by atoms with Gasteiger partial charge >= 0.3 is 0 Å². The minimum absolute atomic E-state index is 0.308. The summed E-state index contributed by atoms with van der Waals surface area (Å²) in [6.07, 6.45) is -0.311. The van der Waals surface area contributed by atoms with Gasteiger partial charge in [-0.3, -0.25) is 0 Å². The van der Waals surface area contributed by atoms with Crippen LogP contribution in [0.2, 0.25) is 0 Å². The predicted molar refractivity (Wildman–Crippen MR) is 89.3 cm³/mol. The first-order valence-corrected chi connectivity index (χ1v) is 7.77. The average molecular weight is 302 g/mol. The van der Waals surface area contributed by atoms with Crippen LogP contribution in [-0.4, -0.2) is 0 Å². The maximum Gasteiger partial charge on any atom is 0.131 e. The summed E-state index contributed by atoms with van der Waals surface area (Å²) in [6.45, 7) is 9.56. The van der Waals surface area contributed by atoms with Crippen LogP contribution in [-0.2, 0) is 6.42 Å². The van der Waals surface area contributed by atoms with Crippen molar-refractivity contribution in [1.29, 1.82) is 0 Å². The molecular weight excluding hydrogens is 278 g/mol. The molecule has 0 aromatic heterocycles. The molecule has 1 atom stereocenters. The second kappa shape index (κ2) is 6.20. The van der Waals surface area contributed by atoms with Crippen LogP contribution in [0.3, 0.4) is 0 Å². The lowest BCUT2D eigenvalue weighted by molar-refractivity contribution is 0.165. The molecule has 22 heavy (non-hydrogen) atoms. The van der Waals surface area contributed by atoms with Crippen LogP contribution in [0.5, 0.6) is 0 Å². The fraction of sp³-hybridized carbons (Fsp3) is 0.400. The average Bonchev–Trinajstić information content (AvgIpc) is 2.47. The number of alkyl halides is 1. The Balaban J connectivity index is 2.68. The van der Waals surface area contributed by atoms with Crippen LogP contribution in [0, 0.1) is 18.2 Å². The monoisotopic (exact) mass is 302 g/mol. The summed E-state index contributed by atoms with van der Waals surface area (Å²) in [6, 6.07) is 10.7. The van der Waals surface area contributed by atoms with E-state index in [0.29, 0.717) is 16.7 Å². The summed E-state index contributed by atoms with van der Waals surface area (Å²) in [5.74, 6) is -0.308. The topological polar surface area (TPSA) is 0 Å². The van der Waals surface area contributed by atoms with Crippen LogP contribution in [0.1, 0.15) is 50.6 Å². The number of hydrogen-bond acceptors (Lipinski definition) is 0. The third-order valence-corrected chi connectivity index (χ3v) is 3.97. The van der Waals surface area contributed by atoms with E-state index < -0.39 is 11.6 Å². The van der Waals surface area contributed by atoms with Crippen LogP contribution in [0.25, 0.3) is 11.1 Å². The van der Waals surface area contributed by atoms with Crippen molar-refractivity contribution < 1.29 is 8.78 Å². The number of hydrogen-bond donors (Lipinski definition) is 0. The van der Waals surface area contributed by atoms with Gasteiger partial charge in [0.05, 0.1) is 0 Å². The van der Waals surface area contributed by atoms with Crippen LogP contribution in [0.4, 0.5) is 8.78 Å². The van der Waals surface area contributed by atoms with Gasteiger partial charge in [-0.1, -0.05) is 57.5 Å². The van der Waals surface area contributed by atoms with Crippen molar-refractivity contribution in [1.82, 2.24) is 0 Å². The Bertz CT molecular complexity index is 666. The molecule has 0 radical (unpaired) electrons. The largest absolute Gasteiger partial charge is 0.242 e. The Morgan fingerprint density at radius 1 is 1.00 bits per heavy atom. The minimum atomic E-state index is -1.14. The van der Waals surface area contributed by atoms with Crippen molar-refractivity contribution in [2.75, 3.05) is 0 Å². The summed E-state index contributed by atoms with van der Waals surface area (Å²) < 4.78 is 29.3. The molecule has 0 saturated heterocycles. The number of benzene rings is 2. The highest BCUT2D eigenvalue weighted by molar-refractivity contribution is 5.70. The molecule has 2 aromatic carbocycles. The molecule has 0 aliphatic carbocycles. The molecule has 0 heterocycles. The summed E-state index contributed by atoms with van der Waals surface area (Å²) >= 11 is 0. The van der Waals surface area contributed by atoms with Crippen molar-refractivity contribution >= 4 is 0 Å². The van der Waals surface area contributed by atoms with Crippen molar-refractivity contribution in [3.8, 4) is 11.1 Å². The normalized spacial score (nSPS) is 13.2. The van der Waals surface area contributed by atoms with Crippen molar-refractivity contribution in [2.45, 2.75) is 47.2 Å². The van der Waals surface area contributed by atoms with Crippen LogP contribution in [0.15, 0.2) is 36.4 Å². The molecule has 0 aliphatic heterocycles. The lowest BCUT2D eigenvalue weighted by atomic mass is 9.82. The van der Waals surface area contributed by atoms with Gasteiger partial charge in [0.25, 0.3) is 0 Å². The smallest absolute Gasteiger partial charge is 0.131 e. The van der Waals surface area contributed by atoms with Gasteiger partial charge in [0.2, 0.25) is 0 Å². The zero-order valence-electron chi connectivity index (χ0n) is 14.0. The van der Waals surface area contributed by atoms with Gasteiger partial charge < -0.3 is 0 Å². The zero-order valence-corrected chi connectivity index (χ0v) is 14.0. The fourth-order valence-corrected chi connectivity index (χ4v) is 2.60. The molecule has 0 saturated carbocycles. The van der Waals surface area contributed by atoms with E-state index >= 15 is 4.39 Å². The van der Waals surface area contributed by atoms with E-state index in [4.69, 9.17) is 0 Å². The first kappa shape index (κ1) is 16.7. The highest BCUT2D eigenvalue weighted by Gasteiger charge is 2.29. The number of halogens is 2. The van der Waals surface area contributed by atoms with Gasteiger partial charge in [0, 0.05) is 5.56 Å². The minimum Gasteiger partial charge on any atom is -0.242 e. The van der Waals surface area contributed by atoms with E-state index in [1.165, 1.54) is 6.07 Å². The quantitative estimate of drug-likeness (QED) is 0.613. The number of rotatable bonds is 3. The summed E-state index contributed by atoms with van der Waals surface area (Å²) in [5, 5.41) is 0. The zero-order chi connectivity index (χ0) is 16.5. The molecule has 2 aromatic rings. The molecule has 0 N–H and O–H groups in total. The molecule has 0 amide bonds. The Morgan fingerprint density at radius 2 is 1.68 bits per heavy atom. The second-order valence-corrected chi connectivity index (χ2v) is 6.99. The SMILES string of the molecule is CCc1ccc(-c2cc(C)ccc2F)c(C(F)C(C)(C)C)c1. The molecule has 118 valence electrons. The predicted octanol–water partition coefficient (Wildman–Crippen LogP) is 6.42. The molecule has 0 fully saturated rings. The molecule has 0 aliphatic rings. The lowest BCUT2D eigenvalue weighted by Crippen LogP contribution is -2.15. The van der Waals surface area contributed by atoms with E-state index in [-0.39, 0.29) is 5.82 Å². The Morgan fingerprint density at radius 3 is 2.27 bits per heavy atom. The molecule has 0 nitrogen and oxygen atoms in total. The van der Waals surface area contributed by atoms with Crippen molar-refractivity contribution in [3.05, 3.63) is 58.9 Å². The van der Waals surface area contributed by atoms with Crippen molar-refractivity contribution in [3.63, 3.8) is 0 Å². The van der Waals surface area contributed by atoms with Crippen molar-refractivity contribution in [2.24, 2.45) is 5.41 Å². The van der Waals surface area contributed by atoms with E-state index in [1.807, 2.05) is 52.8 Å². The molecule has 0 bridgehead atoms. The highest BCUT2D eigenvalue weighted by atomic mass is 19.1. The van der Waals surface area contributed by atoms with Gasteiger partial charge in [-0.05, 0) is 47.6 Å². The maximum atomic E-state index is 15.0. The van der Waals surface area contributed by atoms with E-state index in [1.54, 1.807) is 12.1 Å². The van der Waals surface area contributed by atoms with E-state index in [0.717, 1.165) is 17.5 Å². The lowest BCUT2D eigenvalue weighted by Gasteiger charge is -2.26. The first-order chi connectivity index (χ1) is 10.2. The molecule has 2 heteroatoms. The molecule has 2 rings (SSSR count). The van der Waals surface area contributed by atoms with Gasteiger partial charge in [-0.15, -0.1) is 0 Å². The molecule has 0 spiro atoms. The number of aryl methyl sites for hydroxylation is 2. The summed E-state index contributed by atoms with van der Waals surface area (Å²) in [5.41, 5.74) is 3.22. The molecule has 1 unspecified atom stereocenters. The van der Waals surface area contributed by atoms with E-state index in [9.17, 15) is 4.39 Å². The maximum absolute atomic E-state index is 15.0. The Hall–Kier alpha value is -1.70. The van der Waals surface area contributed by atoms with Crippen LogP contribution >= 0.6 is 0 Å². The van der Waals surface area contributed by atoms with Gasteiger partial charge in [0.15, 0.2) is 0 Å². The van der Waals surface area contributed by atoms with Gasteiger partial charge in [-0.25, -0.2) is 8.78 Å². The summed E-state index contributed by atoms with van der Waals surface area (Å²) in [4.78, 5) is 0. The molecular formula is C20H24F2. The first-order valence-electron chi connectivity index (χ1n) is 7.77. The Kier molecular flexibility index (Phi) is 4.69. The highest BCUT2D eigenvalue weighted by Crippen LogP contribution is 2.42. The van der Waals surface area contributed by atoms with E-state index in [2.05, 4.69) is 0 Å². The van der Waals surface area contributed by atoms with Crippen LogP contribution < -0.4 is 0 Å². The van der Waals surface area contributed by atoms with Gasteiger partial charge in [-0.2, -0.15) is 0 Å². The summed E-state index contributed by atoms with van der Waals surface area (Å²) in [7, 11) is 0. The standard InChI is InChI=1S/C20H24F2/c1-6-14-8-9-15(16-11-13(2)7-10-18(16)21)17(12-14)19(22)20(3,4)5/h7-12,19H,6H2,1-5H3. The Labute approximate surface area is 132 Å². The fourth-order valence-electron chi connectivity index (χ4n) is 2.60. The third-order valence-electron chi connectivity index (χ3n) is 3.97. The van der Waals surface area contributed by atoms with Gasteiger partial charge in [0.1, 0.15) is 12.0 Å². The third kappa shape index (κ3) is 3.37. The second-order valence-electron chi connectivity index (χ2n) is 6.99.